The molecule has 0 spiro atoms. The first kappa shape index (κ1) is 14.3. The molecule has 0 saturated heterocycles. The fraction of sp³-hybridized carbons (Fsp3) is 0.667. The molecule has 0 atom stereocenters. The van der Waals surface area contributed by atoms with Gasteiger partial charge in [0.15, 0.2) is 0 Å². The largest absolute Gasteiger partial charge is 0.460 e. The summed E-state index contributed by atoms with van der Waals surface area (Å²) in [6.45, 7) is 7.53. The maximum atomic E-state index is 11.7. The molecule has 6 nitrogen and oxygen atoms in total. The van der Waals surface area contributed by atoms with E-state index >= 15 is 0 Å². The number of hydrogen-bond acceptors (Lipinski definition) is 6. The normalized spacial score (nSPS) is 11.3. The van der Waals surface area contributed by atoms with Gasteiger partial charge >= 0.3 is 23.5 Å². The third-order valence-electron chi connectivity index (χ3n) is 2.44. The second kappa shape index (κ2) is 5.75. The van der Waals surface area contributed by atoms with Crippen LogP contribution < -0.4 is 0 Å². The Morgan fingerprint density at radius 2 is 1.67 bits per heavy atom. The van der Waals surface area contributed by atoms with Crippen LogP contribution in [0.2, 0.25) is 0 Å². The van der Waals surface area contributed by atoms with Crippen molar-refractivity contribution in [1.82, 2.24) is 0 Å². The Kier molecular flexibility index (Phi) is 4.58. The van der Waals surface area contributed by atoms with Crippen LogP contribution >= 0.6 is 0 Å². The van der Waals surface area contributed by atoms with Crippen LogP contribution in [0.15, 0.2) is 9.15 Å². The van der Waals surface area contributed by atoms with E-state index < -0.39 is 17.5 Å². The van der Waals surface area contributed by atoms with Gasteiger partial charge in [-0.1, -0.05) is 13.8 Å². The molecule has 18 heavy (non-hydrogen) atoms. The minimum atomic E-state index is -0.725. The molecule has 0 fully saturated rings. The van der Waals surface area contributed by atoms with Gasteiger partial charge in [0.05, 0.1) is 6.61 Å². The molecule has 0 bridgehead atoms. The standard InChI is InChI=1S/C12H18O6/c1-5-7-15-10(13)8-9(18-17-8)11(14)16-12(3,4)6-2/h5-7H2,1-4H3. The van der Waals surface area contributed by atoms with Crippen molar-refractivity contribution in [2.45, 2.75) is 46.1 Å². The molecule has 0 unspecified atom stereocenters. The molecule has 0 aromatic carbocycles. The molecular weight excluding hydrogens is 240 g/mol. The molecule has 1 heterocycles. The van der Waals surface area contributed by atoms with E-state index in [1.807, 2.05) is 13.8 Å². The van der Waals surface area contributed by atoms with Crippen molar-refractivity contribution < 1.29 is 28.2 Å². The van der Waals surface area contributed by atoms with Gasteiger partial charge < -0.3 is 9.47 Å². The van der Waals surface area contributed by atoms with Gasteiger partial charge in [-0.15, -0.1) is 0 Å². The highest BCUT2D eigenvalue weighted by Crippen LogP contribution is 2.21. The number of ether oxygens (including phenoxy) is 2. The summed E-state index contributed by atoms with van der Waals surface area (Å²) in [4.78, 5) is 23.1. The zero-order valence-corrected chi connectivity index (χ0v) is 11.1. The van der Waals surface area contributed by atoms with Crippen LogP contribution in [0.4, 0.5) is 0 Å². The van der Waals surface area contributed by atoms with Crippen LogP contribution in [0.1, 0.15) is 61.6 Å². The molecule has 0 radical (unpaired) electrons. The molecular formula is C12H18O6. The average molecular weight is 258 g/mol. The van der Waals surface area contributed by atoms with E-state index in [-0.39, 0.29) is 18.1 Å². The average Bonchev–Trinajstić information content (AvgIpc) is 2.24. The Balaban J connectivity index is 2.65. The summed E-state index contributed by atoms with van der Waals surface area (Å²) in [6, 6.07) is 0. The topological polar surface area (TPSA) is 78.9 Å². The van der Waals surface area contributed by atoms with Gasteiger partial charge in [0.25, 0.3) is 0 Å². The molecule has 1 rings (SSSR count). The Labute approximate surface area is 105 Å². The predicted molar refractivity (Wildman–Crippen MR) is 61.3 cm³/mol. The van der Waals surface area contributed by atoms with Gasteiger partial charge in [0.2, 0.25) is 0 Å². The van der Waals surface area contributed by atoms with Crippen molar-refractivity contribution in [1.29, 1.82) is 0 Å². The van der Waals surface area contributed by atoms with Gasteiger partial charge in [-0.2, -0.15) is 0 Å². The summed E-state index contributed by atoms with van der Waals surface area (Å²) in [7, 11) is 0. The number of rotatable bonds is 6. The quantitative estimate of drug-likeness (QED) is 0.576. The van der Waals surface area contributed by atoms with Gasteiger partial charge in [-0.05, 0) is 26.7 Å². The molecule has 0 saturated carbocycles. The SMILES string of the molecule is CCCOC(=O)c1ooc1C(=O)OC(C)(C)CC. The summed E-state index contributed by atoms with van der Waals surface area (Å²) in [6.07, 6.45) is 1.32. The van der Waals surface area contributed by atoms with Gasteiger partial charge in [-0.25, -0.2) is 9.59 Å². The summed E-state index contributed by atoms with van der Waals surface area (Å²) in [5, 5.41) is 0. The second-order valence-electron chi connectivity index (χ2n) is 4.46. The van der Waals surface area contributed by atoms with Crippen LogP contribution in [0.25, 0.3) is 0 Å². The first-order valence-corrected chi connectivity index (χ1v) is 5.90. The van der Waals surface area contributed by atoms with Crippen LogP contribution in [-0.2, 0) is 9.47 Å². The van der Waals surface area contributed by atoms with E-state index in [0.717, 1.165) is 0 Å². The van der Waals surface area contributed by atoms with Gasteiger partial charge in [0, 0.05) is 0 Å². The first-order valence-electron chi connectivity index (χ1n) is 5.90. The highest BCUT2D eigenvalue weighted by atomic mass is 17.0. The van der Waals surface area contributed by atoms with Gasteiger partial charge in [-0.3, -0.25) is 9.15 Å². The summed E-state index contributed by atoms with van der Waals surface area (Å²) < 4.78 is 19.0. The number of carbonyl (C=O) groups is 2. The van der Waals surface area contributed by atoms with Crippen LogP contribution in [0.3, 0.4) is 0 Å². The summed E-state index contributed by atoms with van der Waals surface area (Å²) in [5.74, 6) is -1.92. The van der Waals surface area contributed by atoms with E-state index in [0.29, 0.717) is 12.8 Å². The summed E-state index contributed by atoms with van der Waals surface area (Å²) in [5.41, 5.74) is -0.624. The maximum absolute atomic E-state index is 11.7. The Bertz CT molecular complexity index is 412. The molecule has 0 N–H and O–H groups in total. The zero-order chi connectivity index (χ0) is 13.8. The van der Waals surface area contributed by atoms with Gasteiger partial charge in [0.1, 0.15) is 5.60 Å². The minimum Gasteiger partial charge on any atom is -0.460 e. The van der Waals surface area contributed by atoms with Crippen molar-refractivity contribution in [3.05, 3.63) is 11.5 Å². The van der Waals surface area contributed by atoms with E-state index in [2.05, 4.69) is 9.15 Å². The Hall–Kier alpha value is -1.72. The number of hydrogen-bond donors (Lipinski definition) is 0. The molecule has 0 aliphatic carbocycles. The van der Waals surface area contributed by atoms with E-state index in [1.165, 1.54) is 0 Å². The number of esters is 2. The molecule has 0 aliphatic heterocycles. The number of carbonyl (C=O) groups excluding carboxylic acids is 2. The van der Waals surface area contributed by atoms with E-state index in [9.17, 15) is 9.59 Å². The highest BCUT2D eigenvalue weighted by molar-refractivity contribution is 5.99. The minimum absolute atomic E-state index is 0.236. The van der Waals surface area contributed by atoms with Crippen molar-refractivity contribution in [2.24, 2.45) is 0 Å². The fourth-order valence-corrected chi connectivity index (χ4v) is 1.01. The van der Waals surface area contributed by atoms with Crippen molar-refractivity contribution in [2.75, 3.05) is 6.61 Å². The van der Waals surface area contributed by atoms with Crippen LogP contribution in [-0.4, -0.2) is 24.1 Å². The lowest BCUT2D eigenvalue weighted by molar-refractivity contribution is -0.0565. The molecule has 0 aliphatic rings. The lowest BCUT2D eigenvalue weighted by atomic mass is 10.1. The fourth-order valence-electron chi connectivity index (χ4n) is 1.01. The van der Waals surface area contributed by atoms with Crippen molar-refractivity contribution in [3.8, 4) is 0 Å². The smallest absolute Gasteiger partial charge is 0.384 e. The first-order chi connectivity index (χ1) is 8.41. The summed E-state index contributed by atoms with van der Waals surface area (Å²) >= 11 is 0. The molecule has 102 valence electrons. The van der Waals surface area contributed by atoms with Crippen LogP contribution in [0, 0.1) is 0 Å². The highest BCUT2D eigenvalue weighted by Gasteiger charge is 2.34. The van der Waals surface area contributed by atoms with Crippen molar-refractivity contribution in [3.63, 3.8) is 0 Å². The Morgan fingerprint density at radius 1 is 1.11 bits per heavy atom. The molecule has 1 aromatic heterocycles. The molecule has 6 heteroatoms. The van der Waals surface area contributed by atoms with Crippen LogP contribution in [0.5, 0.6) is 0 Å². The lowest BCUT2D eigenvalue weighted by Crippen LogP contribution is -2.28. The van der Waals surface area contributed by atoms with Crippen molar-refractivity contribution >= 4 is 11.9 Å². The monoisotopic (exact) mass is 258 g/mol. The second-order valence-corrected chi connectivity index (χ2v) is 4.46. The lowest BCUT2D eigenvalue weighted by Gasteiger charge is -2.22. The molecule has 0 amide bonds. The van der Waals surface area contributed by atoms with E-state index in [4.69, 9.17) is 9.47 Å². The Morgan fingerprint density at radius 3 is 2.11 bits per heavy atom. The third-order valence-corrected chi connectivity index (χ3v) is 2.44. The zero-order valence-electron chi connectivity index (χ0n) is 11.1. The predicted octanol–water partition coefficient (Wildman–Crippen LogP) is 2.78. The maximum Gasteiger partial charge on any atom is 0.384 e. The van der Waals surface area contributed by atoms with E-state index in [1.54, 1.807) is 13.8 Å². The molecule has 1 aromatic rings. The third kappa shape index (κ3) is 3.38.